The van der Waals surface area contributed by atoms with Crippen LogP contribution in [-0.4, -0.2) is 32.3 Å². The van der Waals surface area contributed by atoms with E-state index in [0.29, 0.717) is 13.2 Å². The summed E-state index contributed by atoms with van der Waals surface area (Å²) in [6.07, 6.45) is 1.20. The van der Waals surface area contributed by atoms with Gasteiger partial charge in [-0.25, -0.2) is 0 Å². The molecule has 0 aromatic heterocycles. The molecule has 4 heteroatoms. The number of amides is 1. The number of hydrogen-bond acceptors (Lipinski definition) is 3. The van der Waals surface area contributed by atoms with E-state index in [-0.39, 0.29) is 5.91 Å². The molecule has 1 aromatic carbocycles. The summed E-state index contributed by atoms with van der Waals surface area (Å²) in [4.78, 5) is 11.8. The normalized spacial score (nSPS) is 11.9. The van der Waals surface area contributed by atoms with Gasteiger partial charge in [0.15, 0.2) is 6.10 Å². The summed E-state index contributed by atoms with van der Waals surface area (Å²) in [5.41, 5.74) is 1.11. The summed E-state index contributed by atoms with van der Waals surface area (Å²) in [6, 6.07) is 7.80. The molecule has 1 atom stereocenters. The number of para-hydroxylation sites is 1. The fourth-order valence-corrected chi connectivity index (χ4v) is 1.73. The fourth-order valence-electron chi connectivity index (χ4n) is 1.73. The Morgan fingerprint density at radius 3 is 2.79 bits per heavy atom. The standard InChI is InChI=1S/C15H23NO3/c1-4-13-8-5-6-9-14(13)19-12(2)15(17)16-10-7-11-18-3/h5-6,8-9,12H,4,7,10-11H2,1-3H3,(H,16,17)/t12-/m0/s1. The van der Waals surface area contributed by atoms with Gasteiger partial charge in [-0.15, -0.1) is 0 Å². The van der Waals surface area contributed by atoms with Gasteiger partial charge in [-0.2, -0.15) is 0 Å². The van der Waals surface area contributed by atoms with Crippen LogP contribution in [0.3, 0.4) is 0 Å². The zero-order chi connectivity index (χ0) is 14.1. The van der Waals surface area contributed by atoms with Crippen molar-refractivity contribution in [2.45, 2.75) is 32.8 Å². The number of methoxy groups -OCH3 is 1. The molecule has 0 saturated heterocycles. The molecule has 0 aliphatic rings. The summed E-state index contributed by atoms with van der Waals surface area (Å²) in [5.74, 6) is 0.687. The van der Waals surface area contributed by atoms with Gasteiger partial charge in [0.25, 0.3) is 5.91 Å². The summed E-state index contributed by atoms with van der Waals surface area (Å²) >= 11 is 0. The van der Waals surface area contributed by atoms with Gasteiger partial charge in [-0.3, -0.25) is 4.79 Å². The van der Waals surface area contributed by atoms with Crippen molar-refractivity contribution in [1.82, 2.24) is 5.32 Å². The number of nitrogens with one attached hydrogen (secondary N) is 1. The maximum atomic E-state index is 11.8. The third-order valence-electron chi connectivity index (χ3n) is 2.85. The molecule has 0 bridgehead atoms. The van der Waals surface area contributed by atoms with Gasteiger partial charge in [-0.05, 0) is 31.4 Å². The first-order chi connectivity index (χ1) is 9.19. The van der Waals surface area contributed by atoms with Crippen molar-refractivity contribution in [3.05, 3.63) is 29.8 Å². The second kappa shape index (κ2) is 8.53. The van der Waals surface area contributed by atoms with Crippen LogP contribution in [0.5, 0.6) is 5.75 Å². The van der Waals surface area contributed by atoms with Crippen molar-refractivity contribution in [2.24, 2.45) is 0 Å². The van der Waals surface area contributed by atoms with Crippen LogP contribution >= 0.6 is 0 Å². The van der Waals surface area contributed by atoms with Crippen LogP contribution in [0.2, 0.25) is 0 Å². The first-order valence-corrected chi connectivity index (χ1v) is 6.70. The first kappa shape index (κ1) is 15.5. The van der Waals surface area contributed by atoms with Crippen LogP contribution in [0.25, 0.3) is 0 Å². The van der Waals surface area contributed by atoms with Gasteiger partial charge < -0.3 is 14.8 Å². The number of hydrogen-bond donors (Lipinski definition) is 1. The highest BCUT2D eigenvalue weighted by atomic mass is 16.5. The summed E-state index contributed by atoms with van der Waals surface area (Å²) < 4.78 is 10.6. The SMILES string of the molecule is CCc1ccccc1O[C@@H](C)C(=O)NCCCOC. The van der Waals surface area contributed by atoms with Crippen molar-refractivity contribution in [2.75, 3.05) is 20.3 Å². The van der Waals surface area contributed by atoms with Crippen LogP contribution in [0.15, 0.2) is 24.3 Å². The van der Waals surface area contributed by atoms with E-state index in [1.54, 1.807) is 14.0 Å². The minimum atomic E-state index is -0.491. The van der Waals surface area contributed by atoms with Crippen LogP contribution in [0.4, 0.5) is 0 Å². The molecule has 0 heterocycles. The molecule has 0 aliphatic carbocycles. The van der Waals surface area contributed by atoms with E-state index in [0.717, 1.165) is 24.2 Å². The Morgan fingerprint density at radius 1 is 1.37 bits per heavy atom. The minimum Gasteiger partial charge on any atom is -0.481 e. The second-order valence-corrected chi connectivity index (χ2v) is 4.36. The molecule has 0 saturated carbocycles. The zero-order valence-electron chi connectivity index (χ0n) is 11.9. The van der Waals surface area contributed by atoms with E-state index in [2.05, 4.69) is 12.2 Å². The Labute approximate surface area is 115 Å². The molecule has 0 aliphatic heterocycles. The maximum Gasteiger partial charge on any atom is 0.260 e. The molecule has 0 spiro atoms. The lowest BCUT2D eigenvalue weighted by Gasteiger charge is -2.16. The molecule has 4 nitrogen and oxygen atoms in total. The molecular formula is C15H23NO3. The molecule has 1 rings (SSSR count). The van der Waals surface area contributed by atoms with Crippen molar-refractivity contribution in [1.29, 1.82) is 0 Å². The van der Waals surface area contributed by atoms with Gasteiger partial charge in [0.1, 0.15) is 5.75 Å². The Bertz CT molecular complexity index is 393. The number of rotatable bonds is 8. The van der Waals surface area contributed by atoms with Gasteiger partial charge in [0, 0.05) is 20.3 Å². The topological polar surface area (TPSA) is 47.6 Å². The van der Waals surface area contributed by atoms with Crippen LogP contribution in [0.1, 0.15) is 25.8 Å². The summed E-state index contributed by atoms with van der Waals surface area (Å²) in [7, 11) is 1.65. The van der Waals surface area contributed by atoms with E-state index in [4.69, 9.17) is 9.47 Å². The fraction of sp³-hybridized carbons (Fsp3) is 0.533. The van der Waals surface area contributed by atoms with Crippen molar-refractivity contribution < 1.29 is 14.3 Å². The van der Waals surface area contributed by atoms with Crippen molar-refractivity contribution in [3.8, 4) is 5.75 Å². The highest BCUT2D eigenvalue weighted by Gasteiger charge is 2.15. The molecule has 1 N–H and O–H groups in total. The van der Waals surface area contributed by atoms with Gasteiger partial charge in [0.05, 0.1) is 0 Å². The van der Waals surface area contributed by atoms with Crippen molar-refractivity contribution >= 4 is 5.91 Å². The van der Waals surface area contributed by atoms with Crippen LogP contribution in [-0.2, 0) is 16.0 Å². The Morgan fingerprint density at radius 2 is 2.11 bits per heavy atom. The monoisotopic (exact) mass is 265 g/mol. The summed E-state index contributed by atoms with van der Waals surface area (Å²) in [5, 5.41) is 2.83. The Hall–Kier alpha value is -1.55. The average molecular weight is 265 g/mol. The van der Waals surface area contributed by atoms with Gasteiger partial charge in [0.2, 0.25) is 0 Å². The van der Waals surface area contributed by atoms with E-state index in [1.165, 1.54) is 0 Å². The molecular weight excluding hydrogens is 242 g/mol. The van der Waals surface area contributed by atoms with E-state index < -0.39 is 6.10 Å². The summed E-state index contributed by atoms with van der Waals surface area (Å²) in [6.45, 7) is 5.08. The number of carbonyl (C=O) groups excluding carboxylic acids is 1. The quantitative estimate of drug-likeness (QED) is 0.733. The molecule has 106 valence electrons. The maximum absolute atomic E-state index is 11.8. The number of carbonyl (C=O) groups is 1. The Kier molecular flexibility index (Phi) is 6.97. The largest absolute Gasteiger partial charge is 0.481 e. The molecule has 1 amide bonds. The lowest BCUT2D eigenvalue weighted by molar-refractivity contribution is -0.127. The third kappa shape index (κ3) is 5.30. The number of aryl methyl sites for hydroxylation is 1. The Balaban J connectivity index is 2.45. The van der Waals surface area contributed by atoms with E-state index >= 15 is 0 Å². The lowest BCUT2D eigenvalue weighted by atomic mass is 10.1. The van der Waals surface area contributed by atoms with Crippen LogP contribution < -0.4 is 10.1 Å². The zero-order valence-corrected chi connectivity index (χ0v) is 11.9. The number of benzene rings is 1. The highest BCUT2D eigenvalue weighted by Crippen LogP contribution is 2.19. The van der Waals surface area contributed by atoms with E-state index in [9.17, 15) is 4.79 Å². The number of ether oxygens (including phenoxy) is 2. The van der Waals surface area contributed by atoms with Crippen molar-refractivity contribution in [3.63, 3.8) is 0 Å². The lowest BCUT2D eigenvalue weighted by Crippen LogP contribution is -2.37. The third-order valence-corrected chi connectivity index (χ3v) is 2.85. The van der Waals surface area contributed by atoms with E-state index in [1.807, 2.05) is 24.3 Å². The minimum absolute atomic E-state index is 0.0954. The second-order valence-electron chi connectivity index (χ2n) is 4.36. The smallest absolute Gasteiger partial charge is 0.260 e. The van der Waals surface area contributed by atoms with Gasteiger partial charge >= 0.3 is 0 Å². The average Bonchev–Trinajstić information content (AvgIpc) is 2.44. The predicted molar refractivity (Wildman–Crippen MR) is 75.4 cm³/mol. The molecule has 0 fully saturated rings. The molecule has 19 heavy (non-hydrogen) atoms. The highest BCUT2D eigenvalue weighted by molar-refractivity contribution is 5.80. The molecule has 0 unspecified atom stereocenters. The first-order valence-electron chi connectivity index (χ1n) is 6.70. The predicted octanol–water partition coefficient (Wildman–Crippen LogP) is 2.17. The molecule has 1 aromatic rings. The van der Waals surface area contributed by atoms with Crippen LogP contribution in [0, 0.1) is 0 Å². The van der Waals surface area contributed by atoms with Gasteiger partial charge in [-0.1, -0.05) is 25.1 Å². The molecule has 0 radical (unpaired) electrons.